The van der Waals surface area contributed by atoms with Gasteiger partial charge in [0, 0.05) is 13.1 Å². The van der Waals surface area contributed by atoms with E-state index in [0.717, 1.165) is 13.0 Å². The Morgan fingerprint density at radius 3 is 2.44 bits per heavy atom. The number of hydrogen-bond donors (Lipinski definition) is 2. The molecule has 2 N–H and O–H groups in total. The highest BCUT2D eigenvalue weighted by atomic mass is 32.2. The van der Waals surface area contributed by atoms with Gasteiger partial charge in [0.2, 0.25) is 10.0 Å². The second kappa shape index (κ2) is 8.92. The van der Waals surface area contributed by atoms with E-state index in [-0.39, 0.29) is 11.9 Å². The van der Waals surface area contributed by atoms with Crippen LogP contribution in [-0.2, 0) is 14.8 Å². The molecule has 0 saturated heterocycles. The predicted octanol–water partition coefficient (Wildman–Crippen LogP) is 0.330. The van der Waals surface area contributed by atoms with Gasteiger partial charge in [-0.25, -0.2) is 13.1 Å². The summed E-state index contributed by atoms with van der Waals surface area (Å²) in [5, 5.41) is 3.05. The van der Waals surface area contributed by atoms with Gasteiger partial charge in [0.1, 0.15) is 0 Å². The zero-order valence-corrected chi connectivity index (χ0v) is 11.3. The van der Waals surface area contributed by atoms with Gasteiger partial charge in [-0.3, -0.25) is 0 Å². The van der Waals surface area contributed by atoms with Crippen LogP contribution in [0.3, 0.4) is 0 Å². The number of hydrogen-bond acceptors (Lipinski definition) is 4. The first-order valence-electron chi connectivity index (χ1n) is 5.77. The van der Waals surface area contributed by atoms with Crippen LogP contribution in [0.5, 0.6) is 0 Å². The van der Waals surface area contributed by atoms with Gasteiger partial charge in [-0.2, -0.15) is 0 Å². The molecule has 0 aliphatic heterocycles. The average Bonchev–Trinajstić information content (AvgIpc) is 2.19. The zero-order valence-electron chi connectivity index (χ0n) is 10.5. The highest BCUT2D eigenvalue weighted by Gasteiger charge is 2.08. The molecule has 5 nitrogen and oxygen atoms in total. The quantitative estimate of drug-likeness (QED) is 0.550. The summed E-state index contributed by atoms with van der Waals surface area (Å²) in [6.45, 7) is 7.99. The lowest BCUT2D eigenvalue weighted by molar-refractivity contribution is 0.0834. The van der Waals surface area contributed by atoms with Gasteiger partial charge in [-0.1, -0.05) is 6.92 Å². The Kier molecular flexibility index (Phi) is 8.83. The minimum Gasteiger partial charge on any atom is -0.377 e. The Morgan fingerprint density at radius 1 is 1.19 bits per heavy atom. The third-order valence-corrected chi connectivity index (χ3v) is 3.24. The zero-order chi connectivity index (χ0) is 12.4. The van der Waals surface area contributed by atoms with E-state index in [2.05, 4.69) is 10.0 Å². The van der Waals surface area contributed by atoms with Crippen molar-refractivity contribution in [3.8, 4) is 0 Å². The molecule has 0 heterocycles. The normalized spacial score (nSPS) is 12.2. The topological polar surface area (TPSA) is 67.4 Å². The lowest BCUT2D eigenvalue weighted by atomic mass is 10.5. The van der Waals surface area contributed by atoms with E-state index in [1.165, 1.54) is 0 Å². The minimum absolute atomic E-state index is 0.120. The summed E-state index contributed by atoms with van der Waals surface area (Å²) in [6.07, 6.45) is 1.14. The molecule has 0 fully saturated rings. The Bertz CT molecular complexity index is 253. The van der Waals surface area contributed by atoms with Gasteiger partial charge < -0.3 is 10.1 Å². The molecular formula is C10H24N2O3S. The van der Waals surface area contributed by atoms with Crippen molar-refractivity contribution in [1.29, 1.82) is 0 Å². The van der Waals surface area contributed by atoms with Gasteiger partial charge >= 0.3 is 0 Å². The number of rotatable bonds is 10. The molecular weight excluding hydrogens is 228 g/mol. The molecule has 0 unspecified atom stereocenters. The van der Waals surface area contributed by atoms with Crippen LogP contribution in [0.25, 0.3) is 0 Å². The van der Waals surface area contributed by atoms with Crippen molar-refractivity contribution in [2.24, 2.45) is 0 Å². The van der Waals surface area contributed by atoms with Gasteiger partial charge in [-0.05, 0) is 26.8 Å². The molecule has 0 amide bonds. The van der Waals surface area contributed by atoms with E-state index < -0.39 is 10.0 Å². The van der Waals surface area contributed by atoms with Crippen LogP contribution >= 0.6 is 0 Å². The maximum absolute atomic E-state index is 11.4. The highest BCUT2D eigenvalue weighted by Crippen LogP contribution is 1.87. The molecule has 16 heavy (non-hydrogen) atoms. The molecule has 0 aliphatic rings. The van der Waals surface area contributed by atoms with Crippen molar-refractivity contribution in [1.82, 2.24) is 10.0 Å². The van der Waals surface area contributed by atoms with Crippen LogP contribution in [-0.4, -0.2) is 46.5 Å². The minimum atomic E-state index is -3.15. The largest absolute Gasteiger partial charge is 0.377 e. The molecule has 98 valence electrons. The first-order chi connectivity index (χ1) is 7.48. The van der Waals surface area contributed by atoms with Crippen molar-refractivity contribution >= 4 is 10.0 Å². The second-order valence-corrected chi connectivity index (χ2v) is 5.81. The van der Waals surface area contributed by atoms with Gasteiger partial charge in [-0.15, -0.1) is 0 Å². The molecule has 0 spiro atoms. The van der Waals surface area contributed by atoms with E-state index in [9.17, 15) is 8.42 Å². The van der Waals surface area contributed by atoms with E-state index in [1.54, 1.807) is 0 Å². The summed E-state index contributed by atoms with van der Waals surface area (Å²) >= 11 is 0. The fourth-order valence-corrected chi connectivity index (χ4v) is 2.02. The van der Waals surface area contributed by atoms with E-state index in [4.69, 9.17) is 4.74 Å². The van der Waals surface area contributed by atoms with Crippen molar-refractivity contribution < 1.29 is 13.2 Å². The maximum atomic E-state index is 11.4. The molecule has 0 radical (unpaired) electrons. The summed E-state index contributed by atoms with van der Waals surface area (Å²) in [4.78, 5) is 0. The molecule has 0 aromatic carbocycles. The lowest BCUT2D eigenvalue weighted by Gasteiger charge is -2.09. The Hall–Kier alpha value is -0.170. The first-order valence-corrected chi connectivity index (χ1v) is 7.43. The summed E-state index contributed by atoms with van der Waals surface area (Å²) in [5.74, 6) is 0.120. The molecule has 6 heteroatoms. The van der Waals surface area contributed by atoms with Gasteiger partial charge in [0.15, 0.2) is 0 Å². The number of ether oxygens (including phenoxy) is 1. The Morgan fingerprint density at radius 2 is 1.88 bits per heavy atom. The average molecular weight is 252 g/mol. The van der Waals surface area contributed by atoms with Crippen LogP contribution in [0.4, 0.5) is 0 Å². The number of sulfonamides is 1. The molecule has 0 bridgehead atoms. The Labute approximate surface area is 99.0 Å². The molecule has 0 atom stereocenters. The van der Waals surface area contributed by atoms with Crippen molar-refractivity contribution in [2.45, 2.75) is 33.3 Å². The molecule has 0 aliphatic carbocycles. The summed E-state index contributed by atoms with van der Waals surface area (Å²) in [7, 11) is -3.15. The van der Waals surface area contributed by atoms with Gasteiger partial charge in [0.05, 0.1) is 18.5 Å². The highest BCUT2D eigenvalue weighted by molar-refractivity contribution is 7.89. The monoisotopic (exact) mass is 252 g/mol. The SMILES string of the molecule is CCCNCCS(=O)(=O)NCCOC(C)C. The van der Waals surface area contributed by atoms with Crippen molar-refractivity contribution in [2.75, 3.05) is 32.0 Å². The maximum Gasteiger partial charge on any atom is 0.212 e. The van der Waals surface area contributed by atoms with Gasteiger partial charge in [0.25, 0.3) is 0 Å². The van der Waals surface area contributed by atoms with E-state index in [1.807, 2.05) is 20.8 Å². The number of nitrogens with one attached hydrogen (secondary N) is 2. The van der Waals surface area contributed by atoms with Crippen molar-refractivity contribution in [3.63, 3.8) is 0 Å². The summed E-state index contributed by atoms with van der Waals surface area (Å²) in [6, 6.07) is 0. The predicted molar refractivity (Wildman–Crippen MR) is 66.0 cm³/mol. The smallest absolute Gasteiger partial charge is 0.212 e. The van der Waals surface area contributed by atoms with Crippen LogP contribution in [0, 0.1) is 0 Å². The third kappa shape index (κ3) is 10.4. The fourth-order valence-electron chi connectivity index (χ4n) is 1.07. The lowest BCUT2D eigenvalue weighted by Crippen LogP contribution is -2.34. The van der Waals surface area contributed by atoms with Crippen LogP contribution < -0.4 is 10.0 Å². The van der Waals surface area contributed by atoms with E-state index >= 15 is 0 Å². The third-order valence-electron chi connectivity index (χ3n) is 1.85. The van der Waals surface area contributed by atoms with Crippen LogP contribution in [0.2, 0.25) is 0 Å². The van der Waals surface area contributed by atoms with Crippen LogP contribution in [0.15, 0.2) is 0 Å². The van der Waals surface area contributed by atoms with Crippen LogP contribution in [0.1, 0.15) is 27.2 Å². The standard InChI is InChI=1S/C10H24N2O3S/c1-4-5-11-7-9-16(13,14)12-6-8-15-10(2)3/h10-12H,4-9H2,1-3H3. The second-order valence-electron chi connectivity index (χ2n) is 3.88. The first kappa shape index (κ1) is 15.8. The molecule has 0 rings (SSSR count). The molecule has 0 saturated carbocycles. The van der Waals surface area contributed by atoms with Crippen molar-refractivity contribution in [3.05, 3.63) is 0 Å². The summed E-state index contributed by atoms with van der Waals surface area (Å²) < 4.78 is 30.6. The molecule has 0 aromatic heterocycles. The van der Waals surface area contributed by atoms with E-state index in [0.29, 0.717) is 19.7 Å². The fraction of sp³-hybridized carbons (Fsp3) is 1.00. The molecule has 0 aromatic rings. The Balaban J connectivity index is 3.55. The summed E-state index contributed by atoms with van der Waals surface area (Å²) in [5.41, 5.74) is 0.